The average Bonchev–Trinajstić information content (AvgIpc) is 2.64. The molecular weight excluding hydrogens is 278 g/mol. The fraction of sp³-hybridized carbons (Fsp3) is 0.846. The van der Waals surface area contributed by atoms with E-state index < -0.39 is 0 Å². The third-order valence-corrected chi connectivity index (χ3v) is 5.35. The number of halogens is 1. The van der Waals surface area contributed by atoms with Gasteiger partial charge in [0.15, 0.2) is 0 Å². The number of aromatic nitrogens is 3. The van der Waals surface area contributed by atoms with Crippen LogP contribution in [0.2, 0.25) is 0 Å². The second-order valence-corrected chi connectivity index (χ2v) is 7.18. The molecule has 0 N–H and O–H groups in total. The summed E-state index contributed by atoms with van der Waals surface area (Å²) in [6, 6.07) is 0. The summed E-state index contributed by atoms with van der Waals surface area (Å²) in [4.78, 5) is 0.608. The third kappa shape index (κ3) is 2.42. The molecular formula is C13H22BrN3. The molecule has 0 saturated heterocycles. The monoisotopic (exact) mass is 299 g/mol. The minimum absolute atomic E-state index is 0.132. The van der Waals surface area contributed by atoms with Gasteiger partial charge < -0.3 is 0 Å². The van der Waals surface area contributed by atoms with E-state index in [4.69, 9.17) is 0 Å². The first-order valence-electron chi connectivity index (χ1n) is 6.42. The van der Waals surface area contributed by atoms with Gasteiger partial charge in [0.2, 0.25) is 0 Å². The molecule has 0 bridgehead atoms. The molecule has 0 amide bonds. The SMILES string of the molecule is CC1CCC(C(C)(C)c2cnnn2C)C(Br)C1. The van der Waals surface area contributed by atoms with Crippen molar-refractivity contribution in [2.75, 3.05) is 0 Å². The zero-order valence-electron chi connectivity index (χ0n) is 11.2. The normalized spacial score (nSPS) is 30.5. The lowest BCUT2D eigenvalue weighted by molar-refractivity contribution is 0.206. The minimum Gasteiger partial charge on any atom is -0.252 e. The van der Waals surface area contributed by atoms with Crippen LogP contribution in [0.4, 0.5) is 0 Å². The highest BCUT2D eigenvalue weighted by Gasteiger charge is 2.40. The van der Waals surface area contributed by atoms with E-state index in [0.29, 0.717) is 10.7 Å². The Hall–Kier alpha value is -0.380. The van der Waals surface area contributed by atoms with Crippen molar-refractivity contribution in [3.63, 3.8) is 0 Å². The van der Waals surface area contributed by atoms with E-state index in [1.807, 2.05) is 17.9 Å². The number of hydrogen-bond donors (Lipinski definition) is 0. The molecule has 3 atom stereocenters. The summed E-state index contributed by atoms with van der Waals surface area (Å²) in [5, 5.41) is 8.09. The Bertz CT molecular complexity index is 386. The highest BCUT2D eigenvalue weighted by molar-refractivity contribution is 9.09. The lowest BCUT2D eigenvalue weighted by Crippen LogP contribution is -2.39. The number of aryl methyl sites for hydroxylation is 1. The van der Waals surface area contributed by atoms with Crippen molar-refractivity contribution in [2.24, 2.45) is 18.9 Å². The zero-order chi connectivity index (χ0) is 12.6. The molecule has 0 aliphatic heterocycles. The van der Waals surface area contributed by atoms with E-state index in [2.05, 4.69) is 47.0 Å². The van der Waals surface area contributed by atoms with E-state index in [1.165, 1.54) is 25.0 Å². The lowest BCUT2D eigenvalue weighted by atomic mass is 9.67. The molecule has 2 rings (SSSR count). The van der Waals surface area contributed by atoms with E-state index in [1.54, 1.807) is 0 Å². The van der Waals surface area contributed by atoms with Gasteiger partial charge in [0, 0.05) is 17.3 Å². The van der Waals surface area contributed by atoms with Gasteiger partial charge in [0.05, 0.1) is 11.9 Å². The van der Waals surface area contributed by atoms with Crippen LogP contribution in [0.3, 0.4) is 0 Å². The summed E-state index contributed by atoms with van der Waals surface area (Å²) in [7, 11) is 1.98. The topological polar surface area (TPSA) is 30.7 Å². The molecule has 1 aromatic heterocycles. The smallest absolute Gasteiger partial charge is 0.0730 e. The summed E-state index contributed by atoms with van der Waals surface area (Å²) in [6.45, 7) is 6.99. The molecule has 3 unspecified atom stereocenters. The van der Waals surface area contributed by atoms with Gasteiger partial charge >= 0.3 is 0 Å². The van der Waals surface area contributed by atoms with Crippen LogP contribution in [0.1, 0.15) is 45.7 Å². The highest BCUT2D eigenvalue weighted by atomic mass is 79.9. The number of hydrogen-bond acceptors (Lipinski definition) is 2. The molecule has 1 aliphatic rings. The van der Waals surface area contributed by atoms with Crippen LogP contribution in [0, 0.1) is 11.8 Å². The van der Waals surface area contributed by atoms with Gasteiger partial charge in [-0.3, -0.25) is 4.68 Å². The standard InChI is InChI=1S/C13H22BrN3/c1-9-5-6-10(11(14)7-9)13(2,3)12-8-15-16-17(12)4/h8-11H,5-7H2,1-4H3. The molecule has 0 radical (unpaired) electrons. The van der Waals surface area contributed by atoms with Crippen molar-refractivity contribution in [2.45, 2.75) is 50.3 Å². The van der Waals surface area contributed by atoms with Gasteiger partial charge in [-0.1, -0.05) is 48.3 Å². The summed E-state index contributed by atoms with van der Waals surface area (Å²) in [6.07, 6.45) is 5.81. The lowest BCUT2D eigenvalue weighted by Gasteiger charge is -2.41. The van der Waals surface area contributed by atoms with E-state index in [9.17, 15) is 0 Å². The van der Waals surface area contributed by atoms with Gasteiger partial charge in [-0.15, -0.1) is 5.10 Å². The summed E-state index contributed by atoms with van der Waals surface area (Å²) >= 11 is 3.89. The van der Waals surface area contributed by atoms with Crippen molar-refractivity contribution < 1.29 is 0 Å². The molecule has 3 nitrogen and oxygen atoms in total. The van der Waals surface area contributed by atoms with Crippen LogP contribution in [0.15, 0.2) is 6.20 Å². The predicted molar refractivity (Wildman–Crippen MR) is 73.2 cm³/mol. The van der Waals surface area contributed by atoms with Crippen molar-refractivity contribution in [1.82, 2.24) is 15.0 Å². The Morgan fingerprint density at radius 2 is 2.12 bits per heavy atom. The molecule has 1 saturated carbocycles. The first-order chi connectivity index (χ1) is 7.93. The maximum absolute atomic E-state index is 4.07. The number of alkyl halides is 1. The fourth-order valence-corrected chi connectivity index (χ4v) is 4.75. The van der Waals surface area contributed by atoms with Crippen LogP contribution < -0.4 is 0 Å². The van der Waals surface area contributed by atoms with Gasteiger partial charge in [-0.2, -0.15) is 0 Å². The van der Waals surface area contributed by atoms with E-state index >= 15 is 0 Å². The van der Waals surface area contributed by atoms with Gasteiger partial charge in [-0.25, -0.2) is 0 Å². The minimum atomic E-state index is 0.132. The molecule has 0 aromatic carbocycles. The summed E-state index contributed by atoms with van der Waals surface area (Å²) in [5.41, 5.74) is 1.37. The molecule has 4 heteroatoms. The predicted octanol–water partition coefficient (Wildman–Crippen LogP) is 3.29. The Kier molecular flexibility index (Phi) is 3.62. The van der Waals surface area contributed by atoms with Gasteiger partial charge in [0.1, 0.15) is 0 Å². The van der Waals surface area contributed by atoms with Crippen LogP contribution in [-0.2, 0) is 12.5 Å². The molecule has 17 heavy (non-hydrogen) atoms. The Labute approximate surface area is 112 Å². The van der Waals surface area contributed by atoms with Crippen LogP contribution in [0.5, 0.6) is 0 Å². The first kappa shape index (κ1) is 13.1. The first-order valence-corrected chi connectivity index (χ1v) is 7.33. The Morgan fingerprint density at radius 1 is 1.41 bits per heavy atom. The molecule has 1 aromatic rings. The molecule has 1 fully saturated rings. The molecule has 1 heterocycles. The fourth-order valence-electron chi connectivity index (χ4n) is 3.19. The maximum Gasteiger partial charge on any atom is 0.0730 e. The Morgan fingerprint density at radius 3 is 2.65 bits per heavy atom. The van der Waals surface area contributed by atoms with Crippen LogP contribution in [-0.4, -0.2) is 19.8 Å². The van der Waals surface area contributed by atoms with Crippen molar-refractivity contribution in [1.29, 1.82) is 0 Å². The molecule has 96 valence electrons. The van der Waals surface area contributed by atoms with Crippen molar-refractivity contribution >= 4 is 15.9 Å². The zero-order valence-corrected chi connectivity index (χ0v) is 12.7. The third-order valence-electron chi connectivity index (χ3n) is 4.34. The highest BCUT2D eigenvalue weighted by Crippen LogP contribution is 2.44. The summed E-state index contributed by atoms with van der Waals surface area (Å²) in [5.74, 6) is 1.51. The Balaban J connectivity index is 2.24. The maximum atomic E-state index is 4.07. The van der Waals surface area contributed by atoms with E-state index in [0.717, 1.165) is 5.92 Å². The summed E-state index contributed by atoms with van der Waals surface area (Å²) < 4.78 is 1.91. The largest absolute Gasteiger partial charge is 0.252 e. The van der Waals surface area contributed by atoms with Crippen molar-refractivity contribution in [3.8, 4) is 0 Å². The molecule has 0 spiro atoms. The quantitative estimate of drug-likeness (QED) is 0.785. The van der Waals surface area contributed by atoms with E-state index in [-0.39, 0.29) is 5.41 Å². The number of rotatable bonds is 2. The van der Waals surface area contributed by atoms with Gasteiger partial charge in [0.25, 0.3) is 0 Å². The van der Waals surface area contributed by atoms with Gasteiger partial charge in [-0.05, 0) is 24.7 Å². The second-order valence-electron chi connectivity index (χ2n) is 6.01. The number of nitrogens with zero attached hydrogens (tertiary/aromatic N) is 3. The van der Waals surface area contributed by atoms with Crippen LogP contribution >= 0.6 is 15.9 Å². The average molecular weight is 300 g/mol. The van der Waals surface area contributed by atoms with Crippen LogP contribution in [0.25, 0.3) is 0 Å². The molecule has 1 aliphatic carbocycles. The van der Waals surface area contributed by atoms with Crippen molar-refractivity contribution in [3.05, 3.63) is 11.9 Å². The second kappa shape index (κ2) is 4.71.